The summed E-state index contributed by atoms with van der Waals surface area (Å²) < 4.78 is 0. The molecule has 0 radical (unpaired) electrons. The van der Waals surface area contributed by atoms with Crippen molar-refractivity contribution in [2.24, 2.45) is 11.1 Å². The van der Waals surface area contributed by atoms with Gasteiger partial charge in [-0.05, 0) is 26.7 Å². The Bertz CT molecular complexity index is 355. The second-order valence-electron chi connectivity index (χ2n) is 5.33. The zero-order valence-corrected chi connectivity index (χ0v) is 11.0. The molecule has 0 aliphatic heterocycles. The predicted octanol–water partition coefficient (Wildman–Crippen LogP) is 2.87. The quantitative estimate of drug-likeness (QED) is 0.571. The van der Waals surface area contributed by atoms with Crippen LogP contribution in [0.25, 0.3) is 0 Å². The van der Waals surface area contributed by atoms with E-state index in [0.29, 0.717) is 0 Å². The smallest absolute Gasteiger partial charge is 0.317 e. The minimum Gasteiger partial charge on any atom is -0.480 e. The highest BCUT2D eigenvalue weighted by atomic mass is 16.4. The standard InChI is InChI=1S/C14H23NO2/c1-4-5-6-7-11-10-13(2,15)8-9-14(11,3)12(16)17/h8-10H,4-7,15H2,1-3H3,(H,16,17). The maximum Gasteiger partial charge on any atom is 0.317 e. The molecule has 0 saturated carbocycles. The monoisotopic (exact) mass is 237 g/mol. The van der Waals surface area contributed by atoms with E-state index in [1.807, 2.05) is 13.0 Å². The SMILES string of the molecule is CCCCCC1=CC(C)(N)C=CC1(C)C(=O)O. The lowest BCUT2D eigenvalue weighted by molar-refractivity contribution is -0.143. The Morgan fingerprint density at radius 1 is 1.35 bits per heavy atom. The van der Waals surface area contributed by atoms with Crippen LogP contribution in [0.2, 0.25) is 0 Å². The third kappa shape index (κ3) is 3.19. The van der Waals surface area contributed by atoms with Gasteiger partial charge in [0.25, 0.3) is 0 Å². The Kier molecular flexibility index (Phi) is 4.15. The second kappa shape index (κ2) is 5.05. The van der Waals surface area contributed by atoms with E-state index >= 15 is 0 Å². The molecule has 0 aromatic heterocycles. The van der Waals surface area contributed by atoms with Crippen LogP contribution < -0.4 is 5.73 Å². The van der Waals surface area contributed by atoms with Gasteiger partial charge in [-0.15, -0.1) is 0 Å². The first-order valence-corrected chi connectivity index (χ1v) is 6.27. The van der Waals surface area contributed by atoms with Crippen LogP contribution >= 0.6 is 0 Å². The summed E-state index contributed by atoms with van der Waals surface area (Å²) in [6, 6.07) is 0. The number of hydrogen-bond donors (Lipinski definition) is 2. The molecule has 3 nitrogen and oxygen atoms in total. The number of carboxylic acids is 1. The van der Waals surface area contributed by atoms with Crippen LogP contribution in [0.15, 0.2) is 23.8 Å². The molecule has 3 N–H and O–H groups in total. The van der Waals surface area contributed by atoms with E-state index in [-0.39, 0.29) is 0 Å². The fourth-order valence-electron chi connectivity index (χ4n) is 2.13. The van der Waals surface area contributed by atoms with Crippen LogP contribution in [-0.4, -0.2) is 16.6 Å². The van der Waals surface area contributed by atoms with Crippen molar-refractivity contribution < 1.29 is 9.90 Å². The highest BCUT2D eigenvalue weighted by Gasteiger charge is 2.38. The average molecular weight is 237 g/mol. The maximum atomic E-state index is 11.4. The van der Waals surface area contributed by atoms with E-state index < -0.39 is 16.9 Å². The van der Waals surface area contributed by atoms with Crippen LogP contribution in [0.4, 0.5) is 0 Å². The van der Waals surface area contributed by atoms with Gasteiger partial charge >= 0.3 is 5.97 Å². The van der Waals surface area contributed by atoms with Crippen molar-refractivity contribution in [3.05, 3.63) is 23.8 Å². The van der Waals surface area contributed by atoms with Crippen molar-refractivity contribution in [2.75, 3.05) is 0 Å². The lowest BCUT2D eigenvalue weighted by Crippen LogP contribution is -2.39. The minimum absolute atomic E-state index is 0.517. The molecule has 0 amide bonds. The highest BCUT2D eigenvalue weighted by Crippen LogP contribution is 2.38. The molecule has 96 valence electrons. The number of unbranched alkanes of at least 4 members (excludes halogenated alkanes) is 2. The Labute approximate surface area is 103 Å². The molecule has 0 fully saturated rings. The molecule has 0 spiro atoms. The molecule has 0 bridgehead atoms. The van der Waals surface area contributed by atoms with Crippen molar-refractivity contribution in [1.29, 1.82) is 0 Å². The fourth-order valence-corrected chi connectivity index (χ4v) is 2.13. The third-order valence-corrected chi connectivity index (χ3v) is 3.42. The van der Waals surface area contributed by atoms with Crippen LogP contribution in [0.1, 0.15) is 46.5 Å². The molecule has 0 aromatic carbocycles. The summed E-state index contributed by atoms with van der Waals surface area (Å²) in [6.07, 6.45) is 9.52. The summed E-state index contributed by atoms with van der Waals surface area (Å²) in [7, 11) is 0. The van der Waals surface area contributed by atoms with E-state index in [2.05, 4.69) is 6.92 Å². The Morgan fingerprint density at radius 3 is 2.53 bits per heavy atom. The lowest BCUT2D eigenvalue weighted by Gasteiger charge is -2.33. The van der Waals surface area contributed by atoms with Gasteiger partial charge in [0.2, 0.25) is 0 Å². The van der Waals surface area contributed by atoms with Gasteiger partial charge in [0.15, 0.2) is 0 Å². The van der Waals surface area contributed by atoms with Gasteiger partial charge in [-0.3, -0.25) is 4.79 Å². The number of hydrogen-bond acceptors (Lipinski definition) is 2. The number of carbonyl (C=O) groups is 1. The largest absolute Gasteiger partial charge is 0.480 e. The molecule has 2 unspecified atom stereocenters. The molecule has 1 aliphatic carbocycles. The van der Waals surface area contributed by atoms with Crippen LogP contribution in [-0.2, 0) is 4.79 Å². The summed E-state index contributed by atoms with van der Waals surface area (Å²) in [5.74, 6) is -0.799. The molecule has 1 aliphatic rings. The first-order chi connectivity index (χ1) is 7.82. The number of aliphatic carboxylic acids is 1. The van der Waals surface area contributed by atoms with Crippen molar-refractivity contribution in [2.45, 2.75) is 52.0 Å². The van der Waals surface area contributed by atoms with Crippen molar-refractivity contribution in [3.63, 3.8) is 0 Å². The molecular formula is C14H23NO2. The zero-order chi connectivity index (χ0) is 13.1. The van der Waals surface area contributed by atoms with Gasteiger partial charge in [0, 0.05) is 5.54 Å². The van der Waals surface area contributed by atoms with Gasteiger partial charge in [-0.2, -0.15) is 0 Å². The number of carboxylic acid groups (broad SMARTS) is 1. The van der Waals surface area contributed by atoms with Crippen molar-refractivity contribution >= 4 is 5.97 Å². The molecule has 17 heavy (non-hydrogen) atoms. The zero-order valence-electron chi connectivity index (χ0n) is 11.0. The van der Waals surface area contributed by atoms with Gasteiger partial charge in [-0.1, -0.05) is 43.6 Å². The molecule has 2 atom stereocenters. The van der Waals surface area contributed by atoms with E-state index in [9.17, 15) is 9.90 Å². The fraction of sp³-hybridized carbons (Fsp3) is 0.643. The van der Waals surface area contributed by atoms with Crippen molar-refractivity contribution in [3.8, 4) is 0 Å². The summed E-state index contributed by atoms with van der Waals surface area (Å²) in [5, 5.41) is 9.36. The third-order valence-electron chi connectivity index (χ3n) is 3.42. The number of rotatable bonds is 5. The van der Waals surface area contributed by atoms with E-state index in [1.54, 1.807) is 19.1 Å². The first-order valence-electron chi connectivity index (χ1n) is 6.27. The van der Waals surface area contributed by atoms with E-state index in [1.165, 1.54) is 0 Å². The van der Waals surface area contributed by atoms with Gasteiger partial charge in [0.1, 0.15) is 5.41 Å². The van der Waals surface area contributed by atoms with E-state index in [4.69, 9.17) is 5.73 Å². The topological polar surface area (TPSA) is 63.3 Å². The molecular weight excluding hydrogens is 214 g/mol. The normalized spacial score (nSPS) is 32.4. The second-order valence-corrected chi connectivity index (χ2v) is 5.33. The minimum atomic E-state index is -0.882. The van der Waals surface area contributed by atoms with Crippen molar-refractivity contribution in [1.82, 2.24) is 0 Å². The Balaban J connectivity index is 2.92. The number of nitrogens with two attached hydrogens (primary N) is 1. The van der Waals surface area contributed by atoms with Gasteiger partial charge < -0.3 is 10.8 Å². The van der Waals surface area contributed by atoms with Gasteiger partial charge in [-0.25, -0.2) is 0 Å². The molecule has 0 heterocycles. The van der Waals surface area contributed by atoms with Crippen LogP contribution in [0.3, 0.4) is 0 Å². The molecule has 0 aromatic rings. The first kappa shape index (κ1) is 14.0. The Hall–Kier alpha value is -1.09. The highest BCUT2D eigenvalue weighted by molar-refractivity contribution is 5.81. The molecule has 0 saturated heterocycles. The van der Waals surface area contributed by atoms with Crippen LogP contribution in [0.5, 0.6) is 0 Å². The van der Waals surface area contributed by atoms with E-state index in [0.717, 1.165) is 31.3 Å². The molecule has 3 heteroatoms. The lowest BCUT2D eigenvalue weighted by atomic mass is 9.73. The van der Waals surface area contributed by atoms with Gasteiger partial charge in [0.05, 0.1) is 0 Å². The summed E-state index contributed by atoms with van der Waals surface area (Å²) in [4.78, 5) is 11.4. The maximum absolute atomic E-state index is 11.4. The predicted molar refractivity (Wildman–Crippen MR) is 69.7 cm³/mol. The average Bonchev–Trinajstić information content (AvgIpc) is 2.23. The molecule has 1 rings (SSSR count). The summed E-state index contributed by atoms with van der Waals surface area (Å²) in [5.41, 5.74) is 5.57. The Morgan fingerprint density at radius 2 is 2.00 bits per heavy atom. The van der Waals surface area contributed by atoms with Crippen LogP contribution in [0, 0.1) is 5.41 Å². The summed E-state index contributed by atoms with van der Waals surface area (Å²) in [6.45, 7) is 5.78. The summed E-state index contributed by atoms with van der Waals surface area (Å²) >= 11 is 0.